The third kappa shape index (κ3) is 3.16. The molecule has 1 aliphatic heterocycles. The predicted molar refractivity (Wildman–Crippen MR) is 64.9 cm³/mol. The number of nitrogens with one attached hydrogen (secondary N) is 1. The molecule has 0 aromatic heterocycles. The summed E-state index contributed by atoms with van der Waals surface area (Å²) in [5.74, 6) is 2.36. The van der Waals surface area contributed by atoms with Gasteiger partial charge in [0.15, 0.2) is 0 Å². The molecule has 1 N–H and O–H groups in total. The first-order chi connectivity index (χ1) is 6.84. The van der Waals surface area contributed by atoms with Crippen molar-refractivity contribution in [1.82, 2.24) is 5.32 Å². The van der Waals surface area contributed by atoms with Gasteiger partial charge in [-0.3, -0.25) is 0 Å². The van der Waals surface area contributed by atoms with E-state index < -0.39 is 0 Å². The summed E-state index contributed by atoms with van der Waals surface area (Å²) in [6.07, 6.45) is 8.62. The summed E-state index contributed by atoms with van der Waals surface area (Å²) >= 11 is 2.18. The Labute approximate surface area is 92.4 Å². The zero-order valence-corrected chi connectivity index (χ0v) is 10.1. The summed E-state index contributed by atoms with van der Waals surface area (Å²) in [4.78, 5) is 0. The lowest BCUT2D eigenvalue weighted by Gasteiger charge is -2.23. The number of rotatable bonds is 3. The zero-order chi connectivity index (χ0) is 9.80. The topological polar surface area (TPSA) is 12.0 Å². The first-order valence-corrected chi connectivity index (χ1v) is 7.24. The highest BCUT2D eigenvalue weighted by atomic mass is 32.2. The molecule has 2 heteroatoms. The quantitative estimate of drug-likeness (QED) is 0.773. The van der Waals surface area contributed by atoms with Crippen LogP contribution in [0.25, 0.3) is 0 Å². The van der Waals surface area contributed by atoms with Gasteiger partial charge < -0.3 is 5.32 Å². The van der Waals surface area contributed by atoms with Gasteiger partial charge in [0.2, 0.25) is 0 Å². The molecule has 2 fully saturated rings. The third-order valence-electron chi connectivity index (χ3n) is 3.60. The van der Waals surface area contributed by atoms with Gasteiger partial charge in [0.25, 0.3) is 0 Å². The maximum absolute atomic E-state index is 3.76. The molecule has 2 aliphatic rings. The highest BCUT2D eigenvalue weighted by Gasteiger charge is 2.22. The normalized spacial score (nSPS) is 38.8. The molecule has 0 aromatic rings. The van der Waals surface area contributed by atoms with E-state index in [1.807, 2.05) is 0 Å². The minimum absolute atomic E-state index is 0.840. The first-order valence-electron chi connectivity index (χ1n) is 6.19. The maximum Gasteiger partial charge on any atom is 0.0172 e. The molecule has 0 amide bonds. The Morgan fingerprint density at radius 3 is 2.79 bits per heavy atom. The Hall–Kier alpha value is 0.310. The largest absolute Gasteiger partial charge is 0.313 e. The van der Waals surface area contributed by atoms with Crippen LogP contribution in [0.4, 0.5) is 0 Å². The summed E-state index contributed by atoms with van der Waals surface area (Å²) < 4.78 is 0. The van der Waals surface area contributed by atoms with Crippen molar-refractivity contribution in [3.63, 3.8) is 0 Å². The SMILES string of the molecule is CC1CCC(NCC2CCCCS2)C1. The predicted octanol–water partition coefficient (Wildman–Crippen LogP) is 3.05. The molecule has 3 unspecified atom stereocenters. The number of hydrogen-bond donors (Lipinski definition) is 1. The summed E-state index contributed by atoms with van der Waals surface area (Å²) in [6.45, 7) is 3.65. The lowest BCUT2D eigenvalue weighted by molar-refractivity contribution is 0.488. The van der Waals surface area contributed by atoms with Crippen molar-refractivity contribution < 1.29 is 0 Å². The average Bonchev–Trinajstić information content (AvgIpc) is 2.63. The van der Waals surface area contributed by atoms with Crippen molar-refractivity contribution in [3.05, 3.63) is 0 Å². The lowest BCUT2D eigenvalue weighted by Crippen LogP contribution is -2.33. The highest BCUT2D eigenvalue weighted by Crippen LogP contribution is 2.27. The fourth-order valence-electron chi connectivity index (χ4n) is 2.66. The van der Waals surface area contributed by atoms with Crippen LogP contribution in [-0.2, 0) is 0 Å². The molecular formula is C12H23NS. The summed E-state index contributed by atoms with van der Waals surface area (Å²) in [5, 5.41) is 4.68. The van der Waals surface area contributed by atoms with Crippen LogP contribution in [0.5, 0.6) is 0 Å². The fraction of sp³-hybridized carbons (Fsp3) is 1.00. The standard InChI is InChI=1S/C12H23NS/c1-10-5-6-11(8-10)13-9-12-4-2-3-7-14-12/h10-13H,2-9H2,1H3. The Morgan fingerprint density at radius 2 is 2.14 bits per heavy atom. The molecule has 1 aliphatic carbocycles. The Bertz CT molecular complexity index is 161. The zero-order valence-electron chi connectivity index (χ0n) is 9.30. The Balaban J connectivity index is 1.61. The number of thioether (sulfide) groups is 1. The van der Waals surface area contributed by atoms with Crippen LogP contribution in [0.3, 0.4) is 0 Å². The molecular weight excluding hydrogens is 190 g/mol. The van der Waals surface area contributed by atoms with E-state index in [1.54, 1.807) is 0 Å². The van der Waals surface area contributed by atoms with E-state index in [4.69, 9.17) is 0 Å². The van der Waals surface area contributed by atoms with Crippen molar-refractivity contribution in [2.45, 2.75) is 56.7 Å². The molecule has 1 heterocycles. The van der Waals surface area contributed by atoms with Gasteiger partial charge in [-0.2, -0.15) is 11.8 Å². The van der Waals surface area contributed by atoms with E-state index in [-0.39, 0.29) is 0 Å². The molecule has 14 heavy (non-hydrogen) atoms. The van der Waals surface area contributed by atoms with Crippen LogP contribution in [0.2, 0.25) is 0 Å². The second-order valence-electron chi connectivity index (χ2n) is 5.01. The van der Waals surface area contributed by atoms with Crippen LogP contribution in [0.15, 0.2) is 0 Å². The van der Waals surface area contributed by atoms with Gasteiger partial charge in [-0.1, -0.05) is 13.3 Å². The van der Waals surface area contributed by atoms with Crippen molar-refractivity contribution >= 4 is 11.8 Å². The minimum Gasteiger partial charge on any atom is -0.313 e. The minimum atomic E-state index is 0.840. The molecule has 3 atom stereocenters. The van der Waals surface area contributed by atoms with Crippen LogP contribution < -0.4 is 5.32 Å². The summed E-state index contributed by atoms with van der Waals surface area (Å²) in [7, 11) is 0. The van der Waals surface area contributed by atoms with Gasteiger partial charge in [-0.25, -0.2) is 0 Å². The fourth-order valence-corrected chi connectivity index (χ4v) is 3.91. The number of hydrogen-bond acceptors (Lipinski definition) is 2. The lowest BCUT2D eigenvalue weighted by atomic mass is 10.1. The molecule has 0 spiro atoms. The van der Waals surface area contributed by atoms with Crippen molar-refractivity contribution in [2.24, 2.45) is 5.92 Å². The van der Waals surface area contributed by atoms with E-state index in [0.29, 0.717) is 0 Å². The Morgan fingerprint density at radius 1 is 1.21 bits per heavy atom. The average molecular weight is 213 g/mol. The van der Waals surface area contributed by atoms with E-state index >= 15 is 0 Å². The molecule has 0 aromatic carbocycles. The smallest absolute Gasteiger partial charge is 0.0172 e. The van der Waals surface area contributed by atoms with Crippen LogP contribution in [0, 0.1) is 5.92 Å². The van der Waals surface area contributed by atoms with Crippen molar-refractivity contribution in [1.29, 1.82) is 0 Å². The van der Waals surface area contributed by atoms with Crippen molar-refractivity contribution in [3.8, 4) is 0 Å². The van der Waals surface area contributed by atoms with Gasteiger partial charge in [-0.05, 0) is 43.8 Å². The van der Waals surface area contributed by atoms with E-state index in [0.717, 1.165) is 17.2 Å². The van der Waals surface area contributed by atoms with Crippen LogP contribution >= 0.6 is 11.8 Å². The molecule has 1 saturated heterocycles. The van der Waals surface area contributed by atoms with E-state index in [1.165, 1.54) is 50.8 Å². The molecule has 0 bridgehead atoms. The van der Waals surface area contributed by atoms with Gasteiger partial charge in [0.1, 0.15) is 0 Å². The second-order valence-corrected chi connectivity index (χ2v) is 6.42. The van der Waals surface area contributed by atoms with Gasteiger partial charge >= 0.3 is 0 Å². The first kappa shape index (κ1) is 10.8. The molecule has 82 valence electrons. The van der Waals surface area contributed by atoms with Gasteiger partial charge in [0, 0.05) is 17.8 Å². The molecule has 0 radical (unpaired) electrons. The van der Waals surface area contributed by atoms with Crippen LogP contribution in [0.1, 0.15) is 45.4 Å². The third-order valence-corrected chi connectivity index (χ3v) is 5.00. The van der Waals surface area contributed by atoms with Crippen molar-refractivity contribution in [2.75, 3.05) is 12.3 Å². The monoisotopic (exact) mass is 213 g/mol. The molecule has 1 saturated carbocycles. The molecule has 1 nitrogen and oxygen atoms in total. The van der Waals surface area contributed by atoms with E-state index in [9.17, 15) is 0 Å². The van der Waals surface area contributed by atoms with Crippen LogP contribution in [-0.4, -0.2) is 23.6 Å². The highest BCUT2D eigenvalue weighted by molar-refractivity contribution is 7.99. The van der Waals surface area contributed by atoms with Gasteiger partial charge in [-0.15, -0.1) is 0 Å². The maximum atomic E-state index is 3.76. The second kappa shape index (κ2) is 5.41. The van der Waals surface area contributed by atoms with Gasteiger partial charge in [0.05, 0.1) is 0 Å². The molecule has 2 rings (SSSR count). The summed E-state index contributed by atoms with van der Waals surface area (Å²) in [6, 6.07) is 0.840. The Kier molecular flexibility index (Phi) is 4.18. The van der Waals surface area contributed by atoms with E-state index in [2.05, 4.69) is 24.0 Å². The summed E-state index contributed by atoms with van der Waals surface area (Å²) in [5.41, 5.74) is 0.